The van der Waals surface area contributed by atoms with E-state index in [4.69, 9.17) is 27.9 Å². The first-order valence-electron chi connectivity index (χ1n) is 6.45. The van der Waals surface area contributed by atoms with Crippen molar-refractivity contribution in [3.8, 4) is 5.75 Å². The zero-order valence-corrected chi connectivity index (χ0v) is 12.9. The van der Waals surface area contributed by atoms with Gasteiger partial charge in [-0.1, -0.05) is 30.1 Å². The molecule has 1 heterocycles. The van der Waals surface area contributed by atoms with Gasteiger partial charge in [0.1, 0.15) is 10.9 Å². The molecule has 0 unspecified atom stereocenters. The summed E-state index contributed by atoms with van der Waals surface area (Å²) in [5.41, 5.74) is 1.01. The molecule has 0 aliphatic carbocycles. The Hall–Kier alpha value is -1.78. The van der Waals surface area contributed by atoms with Gasteiger partial charge in [-0.3, -0.25) is 4.79 Å². The fourth-order valence-electron chi connectivity index (χ4n) is 1.62. The molecule has 0 saturated carbocycles. The number of anilines is 1. The van der Waals surface area contributed by atoms with E-state index in [1.54, 1.807) is 30.3 Å². The molecule has 21 heavy (non-hydrogen) atoms. The van der Waals surface area contributed by atoms with E-state index in [2.05, 4.69) is 10.3 Å². The molecule has 0 atom stereocenters. The second-order valence-corrected chi connectivity index (χ2v) is 5.11. The number of hydrogen-bond acceptors (Lipinski definition) is 3. The number of halogens is 2. The van der Waals surface area contributed by atoms with Crippen LogP contribution in [0.25, 0.3) is 0 Å². The van der Waals surface area contributed by atoms with Gasteiger partial charge in [-0.2, -0.15) is 0 Å². The average molecular weight is 325 g/mol. The number of benzene rings is 1. The van der Waals surface area contributed by atoms with Gasteiger partial charge in [0.05, 0.1) is 17.2 Å². The predicted octanol–water partition coefficient (Wildman–Crippen LogP) is 4.43. The van der Waals surface area contributed by atoms with Crippen LogP contribution in [0.5, 0.6) is 5.75 Å². The first-order valence-corrected chi connectivity index (χ1v) is 7.21. The van der Waals surface area contributed by atoms with Crippen molar-refractivity contribution in [3.05, 3.63) is 52.3 Å². The van der Waals surface area contributed by atoms with Crippen molar-refractivity contribution in [1.82, 2.24) is 4.98 Å². The molecule has 0 aliphatic rings. The minimum absolute atomic E-state index is 0.280. The third kappa shape index (κ3) is 4.34. The minimum atomic E-state index is -0.280. The van der Waals surface area contributed by atoms with Gasteiger partial charge in [-0.25, -0.2) is 4.98 Å². The van der Waals surface area contributed by atoms with Crippen LogP contribution < -0.4 is 10.1 Å². The number of carbonyl (C=O) groups is 1. The molecule has 0 radical (unpaired) electrons. The Labute approximate surface area is 133 Å². The summed E-state index contributed by atoms with van der Waals surface area (Å²) in [4.78, 5) is 15.9. The fraction of sp³-hybridized carbons (Fsp3) is 0.200. The molecule has 110 valence electrons. The molecular formula is C15H14Cl2N2O2. The maximum Gasteiger partial charge on any atom is 0.257 e. The molecule has 1 aromatic heterocycles. The van der Waals surface area contributed by atoms with Gasteiger partial charge in [0.25, 0.3) is 5.91 Å². The number of ether oxygens (including phenoxy) is 1. The van der Waals surface area contributed by atoms with Gasteiger partial charge < -0.3 is 10.1 Å². The molecule has 0 spiro atoms. The number of nitrogens with one attached hydrogen (secondary N) is 1. The molecule has 0 bridgehead atoms. The van der Waals surface area contributed by atoms with Gasteiger partial charge in [0.15, 0.2) is 0 Å². The average Bonchev–Trinajstić information content (AvgIpc) is 2.47. The van der Waals surface area contributed by atoms with Crippen molar-refractivity contribution in [1.29, 1.82) is 0 Å². The number of nitrogens with zero attached hydrogens (tertiary/aromatic N) is 1. The largest absolute Gasteiger partial charge is 0.492 e. The molecule has 0 aliphatic heterocycles. The van der Waals surface area contributed by atoms with E-state index in [-0.39, 0.29) is 5.91 Å². The zero-order chi connectivity index (χ0) is 15.2. The lowest BCUT2D eigenvalue weighted by Gasteiger charge is -2.09. The lowest BCUT2D eigenvalue weighted by Crippen LogP contribution is -2.12. The molecule has 1 N–H and O–H groups in total. The van der Waals surface area contributed by atoms with E-state index in [0.29, 0.717) is 33.8 Å². The molecule has 1 amide bonds. The van der Waals surface area contributed by atoms with E-state index < -0.39 is 0 Å². The third-order valence-corrected chi connectivity index (χ3v) is 3.16. The SMILES string of the molecule is CCCOc1ccc(NC(=O)c2ccc(Cl)nc2)cc1Cl. The first-order chi connectivity index (χ1) is 10.1. The molecule has 2 rings (SSSR count). The molecule has 4 nitrogen and oxygen atoms in total. The minimum Gasteiger partial charge on any atom is -0.492 e. The summed E-state index contributed by atoms with van der Waals surface area (Å²) in [7, 11) is 0. The fourth-order valence-corrected chi connectivity index (χ4v) is 1.97. The highest BCUT2D eigenvalue weighted by molar-refractivity contribution is 6.32. The van der Waals surface area contributed by atoms with Gasteiger partial charge >= 0.3 is 0 Å². The van der Waals surface area contributed by atoms with E-state index in [1.807, 2.05) is 6.92 Å². The maximum atomic E-state index is 12.0. The molecule has 1 aromatic carbocycles. The highest BCUT2D eigenvalue weighted by Gasteiger charge is 2.08. The Bertz CT molecular complexity index is 630. The molecule has 2 aromatic rings. The Morgan fingerprint density at radius 2 is 2.10 bits per heavy atom. The van der Waals surface area contributed by atoms with Crippen LogP contribution in [0.3, 0.4) is 0 Å². The Morgan fingerprint density at radius 3 is 2.71 bits per heavy atom. The lowest BCUT2D eigenvalue weighted by atomic mass is 10.2. The summed E-state index contributed by atoms with van der Waals surface area (Å²) in [6, 6.07) is 8.27. The molecule has 6 heteroatoms. The summed E-state index contributed by atoms with van der Waals surface area (Å²) >= 11 is 11.8. The van der Waals surface area contributed by atoms with Gasteiger partial charge in [-0.05, 0) is 36.8 Å². The number of amides is 1. The first kappa shape index (κ1) is 15.6. The number of hydrogen-bond donors (Lipinski definition) is 1. The van der Waals surface area contributed by atoms with Crippen LogP contribution >= 0.6 is 23.2 Å². The smallest absolute Gasteiger partial charge is 0.257 e. The quantitative estimate of drug-likeness (QED) is 0.828. The number of carbonyl (C=O) groups excluding carboxylic acids is 1. The molecule has 0 saturated heterocycles. The highest BCUT2D eigenvalue weighted by atomic mass is 35.5. The van der Waals surface area contributed by atoms with Crippen molar-refractivity contribution in [3.63, 3.8) is 0 Å². The van der Waals surface area contributed by atoms with Crippen LogP contribution in [0, 0.1) is 0 Å². The van der Waals surface area contributed by atoms with E-state index in [9.17, 15) is 4.79 Å². The second-order valence-electron chi connectivity index (χ2n) is 4.32. The van der Waals surface area contributed by atoms with Crippen molar-refractivity contribution in [2.45, 2.75) is 13.3 Å². The highest BCUT2D eigenvalue weighted by Crippen LogP contribution is 2.28. The zero-order valence-electron chi connectivity index (χ0n) is 11.4. The number of aromatic nitrogens is 1. The standard InChI is InChI=1S/C15H14Cl2N2O2/c1-2-7-21-13-5-4-11(8-12(13)16)19-15(20)10-3-6-14(17)18-9-10/h3-6,8-9H,2,7H2,1H3,(H,19,20). The van der Waals surface area contributed by atoms with E-state index in [0.717, 1.165) is 6.42 Å². The topological polar surface area (TPSA) is 51.2 Å². The number of rotatable bonds is 5. The van der Waals surface area contributed by atoms with Gasteiger partial charge in [0.2, 0.25) is 0 Å². The monoisotopic (exact) mass is 324 g/mol. The summed E-state index contributed by atoms with van der Waals surface area (Å²) in [5, 5.41) is 3.53. The summed E-state index contributed by atoms with van der Waals surface area (Å²) < 4.78 is 5.47. The van der Waals surface area contributed by atoms with Crippen LogP contribution in [-0.2, 0) is 0 Å². The van der Waals surface area contributed by atoms with Crippen molar-refractivity contribution >= 4 is 34.8 Å². The van der Waals surface area contributed by atoms with Gasteiger partial charge in [-0.15, -0.1) is 0 Å². The van der Waals surface area contributed by atoms with Crippen molar-refractivity contribution in [2.24, 2.45) is 0 Å². The Balaban J connectivity index is 2.07. The summed E-state index contributed by atoms with van der Waals surface area (Å²) in [6.45, 7) is 2.62. The van der Waals surface area contributed by atoms with Crippen LogP contribution in [0.4, 0.5) is 5.69 Å². The van der Waals surface area contributed by atoms with Crippen LogP contribution in [0.2, 0.25) is 10.2 Å². The second kappa shape index (κ2) is 7.29. The van der Waals surface area contributed by atoms with Gasteiger partial charge in [0, 0.05) is 11.9 Å². The maximum absolute atomic E-state index is 12.0. The van der Waals surface area contributed by atoms with E-state index >= 15 is 0 Å². The molecular weight excluding hydrogens is 311 g/mol. The van der Waals surface area contributed by atoms with E-state index in [1.165, 1.54) is 6.20 Å². The molecule has 0 fully saturated rings. The van der Waals surface area contributed by atoms with Crippen LogP contribution in [0.15, 0.2) is 36.5 Å². The third-order valence-electron chi connectivity index (χ3n) is 2.64. The lowest BCUT2D eigenvalue weighted by molar-refractivity contribution is 0.102. The predicted molar refractivity (Wildman–Crippen MR) is 84.4 cm³/mol. The van der Waals surface area contributed by atoms with Crippen molar-refractivity contribution in [2.75, 3.05) is 11.9 Å². The van der Waals surface area contributed by atoms with Crippen LogP contribution in [0.1, 0.15) is 23.7 Å². The van der Waals surface area contributed by atoms with Crippen LogP contribution in [-0.4, -0.2) is 17.5 Å². The number of pyridine rings is 1. The summed E-state index contributed by atoms with van der Waals surface area (Å²) in [5.74, 6) is 0.321. The summed E-state index contributed by atoms with van der Waals surface area (Å²) in [6.07, 6.45) is 2.32. The van der Waals surface area contributed by atoms with Crippen molar-refractivity contribution < 1.29 is 9.53 Å². The Kier molecular flexibility index (Phi) is 5.42. The normalized spacial score (nSPS) is 10.2. The Morgan fingerprint density at radius 1 is 1.29 bits per heavy atom.